The first kappa shape index (κ1) is 11.8. The van der Waals surface area contributed by atoms with E-state index in [1.54, 1.807) is 0 Å². The Morgan fingerprint density at radius 2 is 2.25 bits per heavy atom. The lowest BCUT2D eigenvalue weighted by Crippen LogP contribution is -2.15. The highest BCUT2D eigenvalue weighted by atomic mass is 32.2. The third-order valence-corrected chi connectivity index (χ3v) is 4.65. The van der Waals surface area contributed by atoms with Crippen LogP contribution in [0.5, 0.6) is 0 Å². The first-order chi connectivity index (χ1) is 7.66. The Labute approximate surface area is 102 Å². The van der Waals surface area contributed by atoms with E-state index < -0.39 is 0 Å². The highest BCUT2D eigenvalue weighted by Gasteiger charge is 2.21. The highest BCUT2D eigenvalue weighted by Crippen LogP contribution is 2.37. The molecule has 0 aromatic carbocycles. The lowest BCUT2D eigenvalue weighted by atomic mass is 9.91. The van der Waals surface area contributed by atoms with Gasteiger partial charge in [0.1, 0.15) is 5.03 Å². The fourth-order valence-electron chi connectivity index (χ4n) is 2.28. The molecule has 1 heterocycles. The molecule has 1 aromatic heterocycles. The van der Waals surface area contributed by atoms with Crippen LogP contribution in [0.2, 0.25) is 0 Å². The molecule has 0 aliphatic heterocycles. The van der Waals surface area contributed by atoms with Gasteiger partial charge in [-0.3, -0.25) is 0 Å². The Kier molecular flexibility index (Phi) is 3.74. The van der Waals surface area contributed by atoms with Crippen molar-refractivity contribution in [2.24, 2.45) is 5.92 Å². The molecule has 3 heteroatoms. The number of nitrogen functional groups attached to an aromatic ring is 1. The molecular weight excluding hydrogens is 216 g/mol. The summed E-state index contributed by atoms with van der Waals surface area (Å²) >= 11 is 1.87. The Morgan fingerprint density at radius 3 is 3.00 bits per heavy atom. The van der Waals surface area contributed by atoms with Crippen molar-refractivity contribution in [2.45, 2.75) is 49.8 Å². The van der Waals surface area contributed by atoms with E-state index in [0.29, 0.717) is 5.25 Å². The summed E-state index contributed by atoms with van der Waals surface area (Å²) in [6, 6.07) is 1.98. The number of nitrogens with two attached hydrogens (primary N) is 1. The molecule has 1 aliphatic carbocycles. The molecule has 0 radical (unpaired) electrons. The average Bonchev–Trinajstić information content (AvgIpc) is 2.25. The number of hydrogen-bond acceptors (Lipinski definition) is 3. The minimum Gasteiger partial charge on any atom is -0.396 e. The second kappa shape index (κ2) is 5.09. The fourth-order valence-corrected chi connectivity index (χ4v) is 3.72. The van der Waals surface area contributed by atoms with E-state index in [2.05, 4.69) is 11.9 Å². The standard InChI is InChI=1S/C13H20N2S/c1-9-4-3-5-11(8-9)16-13-12(14)10(2)6-7-15-13/h6-7,9,11H,3-5,8,14H2,1-2H3. The van der Waals surface area contributed by atoms with Crippen LogP contribution in [0.4, 0.5) is 5.69 Å². The van der Waals surface area contributed by atoms with E-state index in [0.717, 1.165) is 22.2 Å². The van der Waals surface area contributed by atoms with E-state index in [9.17, 15) is 0 Å². The minimum absolute atomic E-state index is 0.709. The van der Waals surface area contributed by atoms with Crippen molar-refractivity contribution < 1.29 is 0 Å². The van der Waals surface area contributed by atoms with Crippen molar-refractivity contribution in [3.8, 4) is 0 Å². The molecule has 1 aromatic rings. The molecule has 1 saturated carbocycles. The number of nitrogens with zero attached hydrogens (tertiary/aromatic N) is 1. The molecule has 2 atom stereocenters. The predicted octanol–water partition coefficient (Wildman–Crippen LogP) is 3.64. The Morgan fingerprint density at radius 1 is 1.44 bits per heavy atom. The fraction of sp³-hybridized carbons (Fsp3) is 0.615. The number of hydrogen-bond donors (Lipinski definition) is 1. The molecule has 88 valence electrons. The Hall–Kier alpha value is -0.700. The number of anilines is 1. The van der Waals surface area contributed by atoms with Gasteiger partial charge in [-0.1, -0.05) is 19.8 Å². The van der Waals surface area contributed by atoms with Crippen LogP contribution in [0.15, 0.2) is 17.3 Å². The summed E-state index contributed by atoms with van der Waals surface area (Å²) < 4.78 is 0. The molecule has 1 aliphatic rings. The topological polar surface area (TPSA) is 38.9 Å². The quantitative estimate of drug-likeness (QED) is 0.852. The van der Waals surface area contributed by atoms with Crippen LogP contribution >= 0.6 is 11.8 Å². The van der Waals surface area contributed by atoms with Gasteiger partial charge in [-0.25, -0.2) is 4.98 Å². The van der Waals surface area contributed by atoms with Crippen LogP contribution < -0.4 is 5.73 Å². The zero-order chi connectivity index (χ0) is 11.5. The lowest BCUT2D eigenvalue weighted by Gasteiger charge is -2.26. The van der Waals surface area contributed by atoms with Gasteiger partial charge in [0.05, 0.1) is 5.69 Å². The molecule has 2 N–H and O–H groups in total. The average molecular weight is 236 g/mol. The largest absolute Gasteiger partial charge is 0.396 e. The summed E-state index contributed by atoms with van der Waals surface area (Å²) in [4.78, 5) is 4.40. The first-order valence-corrected chi connectivity index (χ1v) is 6.92. The maximum Gasteiger partial charge on any atom is 0.119 e. The smallest absolute Gasteiger partial charge is 0.119 e. The van der Waals surface area contributed by atoms with Crippen LogP contribution in [0, 0.1) is 12.8 Å². The zero-order valence-electron chi connectivity index (χ0n) is 10.1. The third-order valence-electron chi connectivity index (χ3n) is 3.34. The van der Waals surface area contributed by atoms with E-state index in [4.69, 9.17) is 5.73 Å². The van der Waals surface area contributed by atoms with Gasteiger partial charge in [0.25, 0.3) is 0 Å². The molecule has 2 rings (SSSR count). The number of aromatic nitrogens is 1. The van der Waals surface area contributed by atoms with Crippen molar-refractivity contribution in [3.63, 3.8) is 0 Å². The van der Waals surface area contributed by atoms with Crippen LogP contribution in [-0.2, 0) is 0 Å². The SMILES string of the molecule is Cc1ccnc(SC2CCCC(C)C2)c1N. The number of thioether (sulfide) groups is 1. The van der Waals surface area contributed by atoms with E-state index in [1.165, 1.54) is 25.7 Å². The maximum atomic E-state index is 6.05. The van der Waals surface area contributed by atoms with Crippen molar-refractivity contribution >= 4 is 17.4 Å². The number of aryl methyl sites for hydroxylation is 1. The van der Waals surface area contributed by atoms with Gasteiger partial charge in [0.2, 0.25) is 0 Å². The second-order valence-electron chi connectivity index (χ2n) is 4.86. The Bertz CT molecular complexity index is 365. The molecule has 0 spiro atoms. The van der Waals surface area contributed by atoms with Crippen molar-refractivity contribution in [2.75, 3.05) is 5.73 Å². The van der Waals surface area contributed by atoms with Gasteiger partial charge in [-0.05, 0) is 37.3 Å². The monoisotopic (exact) mass is 236 g/mol. The third kappa shape index (κ3) is 2.70. The summed E-state index contributed by atoms with van der Waals surface area (Å²) in [6.45, 7) is 4.39. The normalized spacial score (nSPS) is 25.6. The molecule has 1 fully saturated rings. The van der Waals surface area contributed by atoms with Gasteiger partial charge in [-0.15, -0.1) is 11.8 Å². The van der Waals surface area contributed by atoms with Gasteiger partial charge in [-0.2, -0.15) is 0 Å². The van der Waals surface area contributed by atoms with Crippen molar-refractivity contribution in [1.82, 2.24) is 4.98 Å². The summed E-state index contributed by atoms with van der Waals surface area (Å²) in [5.74, 6) is 0.859. The van der Waals surface area contributed by atoms with Gasteiger partial charge < -0.3 is 5.73 Å². The first-order valence-electron chi connectivity index (χ1n) is 6.04. The number of pyridine rings is 1. The zero-order valence-corrected chi connectivity index (χ0v) is 10.9. The van der Waals surface area contributed by atoms with Crippen molar-refractivity contribution in [1.29, 1.82) is 0 Å². The summed E-state index contributed by atoms with van der Waals surface area (Å²) in [5.41, 5.74) is 8.06. The lowest BCUT2D eigenvalue weighted by molar-refractivity contribution is 0.394. The van der Waals surface area contributed by atoms with Crippen LogP contribution in [0.25, 0.3) is 0 Å². The summed E-state index contributed by atoms with van der Waals surface area (Å²) in [6.07, 6.45) is 7.21. The molecule has 0 bridgehead atoms. The summed E-state index contributed by atoms with van der Waals surface area (Å²) in [7, 11) is 0. The maximum absolute atomic E-state index is 6.05. The minimum atomic E-state index is 0.709. The summed E-state index contributed by atoms with van der Waals surface area (Å²) in [5, 5.41) is 1.74. The van der Waals surface area contributed by atoms with E-state index in [1.807, 2.05) is 30.9 Å². The number of rotatable bonds is 2. The van der Waals surface area contributed by atoms with Gasteiger partial charge >= 0.3 is 0 Å². The molecule has 0 saturated heterocycles. The van der Waals surface area contributed by atoms with Gasteiger partial charge in [0.15, 0.2) is 0 Å². The second-order valence-corrected chi connectivity index (χ2v) is 6.15. The molecular formula is C13H20N2S. The highest BCUT2D eigenvalue weighted by molar-refractivity contribution is 8.00. The molecule has 2 unspecified atom stereocenters. The van der Waals surface area contributed by atoms with Gasteiger partial charge in [0, 0.05) is 11.4 Å². The van der Waals surface area contributed by atoms with Crippen LogP contribution in [0.3, 0.4) is 0 Å². The molecule has 16 heavy (non-hydrogen) atoms. The Balaban J connectivity index is 2.05. The van der Waals surface area contributed by atoms with E-state index >= 15 is 0 Å². The van der Waals surface area contributed by atoms with Crippen molar-refractivity contribution in [3.05, 3.63) is 17.8 Å². The van der Waals surface area contributed by atoms with E-state index in [-0.39, 0.29) is 0 Å². The molecule has 2 nitrogen and oxygen atoms in total. The van der Waals surface area contributed by atoms with Crippen LogP contribution in [-0.4, -0.2) is 10.2 Å². The predicted molar refractivity (Wildman–Crippen MR) is 70.7 cm³/mol. The van der Waals surface area contributed by atoms with Crippen LogP contribution in [0.1, 0.15) is 38.2 Å². The molecule has 0 amide bonds.